The lowest BCUT2D eigenvalue weighted by Gasteiger charge is -2.04. The monoisotopic (exact) mass is 277 g/mol. The molecule has 0 saturated carbocycles. The number of nitrogens with one attached hydrogen (secondary N) is 1. The van der Waals surface area contributed by atoms with Crippen molar-refractivity contribution in [1.29, 1.82) is 0 Å². The number of ketones is 1. The maximum absolute atomic E-state index is 11.0. The highest BCUT2D eigenvalue weighted by molar-refractivity contribution is 14.1. The van der Waals surface area contributed by atoms with E-state index in [9.17, 15) is 4.79 Å². The lowest BCUT2D eigenvalue weighted by molar-refractivity contribution is 0.101. The Morgan fingerprint density at radius 3 is 2.75 bits per heavy atom. The van der Waals surface area contributed by atoms with Crippen molar-refractivity contribution in [3.8, 4) is 0 Å². The molecule has 0 aliphatic rings. The molecule has 0 bridgehead atoms. The second-order valence-electron chi connectivity index (χ2n) is 2.36. The van der Waals surface area contributed by atoms with Gasteiger partial charge in [0.25, 0.3) is 0 Å². The Balaban J connectivity index is 3.21. The third-order valence-corrected chi connectivity index (χ3v) is 2.15. The summed E-state index contributed by atoms with van der Waals surface area (Å²) in [5.41, 5.74) is 2.93. The number of hydrogen-bond acceptors (Lipinski definition) is 3. The van der Waals surface area contributed by atoms with E-state index in [-0.39, 0.29) is 5.78 Å². The van der Waals surface area contributed by atoms with Gasteiger partial charge in [-0.15, -0.1) is 0 Å². The summed E-state index contributed by atoms with van der Waals surface area (Å²) in [6.45, 7) is 1.46. The molecular weight excluding hydrogens is 269 g/mol. The molecule has 0 heterocycles. The summed E-state index contributed by atoms with van der Waals surface area (Å²) in [6, 6.07) is 5.20. The van der Waals surface area contributed by atoms with Crippen LogP contribution in [0, 0.1) is 3.57 Å². The van der Waals surface area contributed by atoms with Gasteiger partial charge in [-0.05, 0) is 47.7 Å². The van der Waals surface area contributed by atoms with Crippen LogP contribution in [-0.2, 0) is 0 Å². The van der Waals surface area contributed by atoms with E-state index in [1.54, 1.807) is 12.1 Å². The van der Waals surface area contributed by atoms with E-state index in [1.165, 1.54) is 6.92 Å². The minimum Gasteiger partial charge on any atom is -0.294 e. The molecule has 0 aliphatic carbocycles. The van der Waals surface area contributed by atoms with Crippen LogP contribution < -0.4 is 5.48 Å². The van der Waals surface area contributed by atoms with Crippen LogP contribution in [0.4, 0.5) is 5.69 Å². The minimum absolute atomic E-state index is 0.0648. The van der Waals surface area contributed by atoms with E-state index in [0.29, 0.717) is 11.3 Å². The molecule has 0 aromatic heterocycles. The Kier molecular flexibility index (Phi) is 3.05. The number of carbonyl (C=O) groups is 1. The maximum atomic E-state index is 11.0. The van der Waals surface area contributed by atoms with Gasteiger partial charge in [-0.1, -0.05) is 0 Å². The average Bonchev–Trinajstić information content (AvgIpc) is 2.04. The van der Waals surface area contributed by atoms with Crippen LogP contribution in [0.1, 0.15) is 17.3 Å². The Morgan fingerprint density at radius 1 is 1.58 bits per heavy atom. The normalized spacial score (nSPS) is 9.58. The van der Waals surface area contributed by atoms with Crippen LogP contribution in [0.25, 0.3) is 0 Å². The molecule has 0 saturated heterocycles. The Bertz CT molecular complexity index is 312. The Hall–Kier alpha value is -0.620. The van der Waals surface area contributed by atoms with Gasteiger partial charge in [0.2, 0.25) is 0 Å². The summed E-state index contributed by atoms with van der Waals surface area (Å²) in [7, 11) is 0. The van der Waals surface area contributed by atoms with E-state index < -0.39 is 0 Å². The molecule has 0 spiro atoms. The van der Waals surface area contributed by atoms with Gasteiger partial charge in [-0.3, -0.25) is 15.5 Å². The van der Waals surface area contributed by atoms with Crippen molar-refractivity contribution in [3.05, 3.63) is 27.3 Å². The molecule has 0 fully saturated rings. The summed E-state index contributed by atoms with van der Waals surface area (Å²) in [5.74, 6) is -0.0648. The van der Waals surface area contributed by atoms with Crippen molar-refractivity contribution in [2.24, 2.45) is 0 Å². The first-order valence-electron chi connectivity index (χ1n) is 3.35. The van der Waals surface area contributed by atoms with Crippen LogP contribution in [0.2, 0.25) is 0 Å². The van der Waals surface area contributed by atoms with Crippen molar-refractivity contribution < 1.29 is 10.0 Å². The molecule has 0 aliphatic heterocycles. The highest BCUT2D eigenvalue weighted by Gasteiger charge is 2.06. The number of rotatable bonds is 2. The van der Waals surface area contributed by atoms with E-state index in [1.807, 2.05) is 11.5 Å². The molecule has 1 rings (SSSR count). The number of Topliss-reactive ketones (excluding diaryl/α,β-unsaturated/α-hetero) is 1. The minimum atomic E-state index is -0.0648. The van der Waals surface area contributed by atoms with E-state index >= 15 is 0 Å². The topological polar surface area (TPSA) is 49.3 Å². The number of carbonyl (C=O) groups excluding carboxylic acids is 1. The van der Waals surface area contributed by atoms with Crippen molar-refractivity contribution >= 4 is 34.1 Å². The van der Waals surface area contributed by atoms with Crippen molar-refractivity contribution in [2.75, 3.05) is 5.48 Å². The van der Waals surface area contributed by atoms with Crippen LogP contribution in [0.15, 0.2) is 18.2 Å². The summed E-state index contributed by atoms with van der Waals surface area (Å²) in [5, 5.41) is 8.65. The largest absolute Gasteiger partial charge is 0.294 e. The fraction of sp³-hybridized carbons (Fsp3) is 0.125. The SMILES string of the molecule is CC(=O)c1cc(I)ccc1NO. The summed E-state index contributed by atoms with van der Waals surface area (Å²) in [4.78, 5) is 11.0. The third kappa shape index (κ3) is 1.95. The van der Waals surface area contributed by atoms with E-state index in [2.05, 4.69) is 22.6 Å². The fourth-order valence-corrected chi connectivity index (χ4v) is 1.40. The molecule has 2 N–H and O–H groups in total. The number of anilines is 1. The predicted octanol–water partition coefficient (Wildman–Crippen LogP) is 2.29. The van der Waals surface area contributed by atoms with Gasteiger partial charge in [-0.2, -0.15) is 0 Å². The zero-order chi connectivity index (χ0) is 9.14. The molecule has 3 nitrogen and oxygen atoms in total. The number of halogens is 1. The fourth-order valence-electron chi connectivity index (χ4n) is 0.905. The molecule has 0 unspecified atom stereocenters. The molecule has 1 aromatic rings. The molecule has 12 heavy (non-hydrogen) atoms. The Labute approximate surface area is 83.9 Å². The van der Waals surface area contributed by atoms with Crippen LogP contribution in [0.5, 0.6) is 0 Å². The zero-order valence-corrected chi connectivity index (χ0v) is 8.62. The lowest BCUT2D eigenvalue weighted by atomic mass is 10.1. The summed E-state index contributed by atoms with van der Waals surface area (Å²) >= 11 is 2.11. The van der Waals surface area contributed by atoms with Gasteiger partial charge >= 0.3 is 0 Å². The Morgan fingerprint density at radius 2 is 2.25 bits per heavy atom. The molecule has 64 valence electrons. The quantitative estimate of drug-likeness (QED) is 0.495. The molecule has 1 aromatic carbocycles. The van der Waals surface area contributed by atoms with Gasteiger partial charge < -0.3 is 0 Å². The average molecular weight is 277 g/mol. The molecule has 0 atom stereocenters. The van der Waals surface area contributed by atoms with Gasteiger partial charge in [0.15, 0.2) is 5.78 Å². The van der Waals surface area contributed by atoms with E-state index in [0.717, 1.165) is 3.57 Å². The summed E-state index contributed by atoms with van der Waals surface area (Å²) in [6.07, 6.45) is 0. The highest BCUT2D eigenvalue weighted by Crippen LogP contribution is 2.18. The van der Waals surface area contributed by atoms with Gasteiger partial charge in [0.05, 0.1) is 5.69 Å². The second kappa shape index (κ2) is 3.86. The standard InChI is InChI=1S/C8H8INO2/c1-5(11)7-4-6(9)2-3-8(7)10-12/h2-4,10,12H,1H3. The first kappa shape index (κ1) is 9.47. The summed E-state index contributed by atoms with van der Waals surface area (Å²) < 4.78 is 0.969. The first-order chi connectivity index (χ1) is 5.65. The van der Waals surface area contributed by atoms with Crippen LogP contribution >= 0.6 is 22.6 Å². The molecule has 4 heteroatoms. The van der Waals surface area contributed by atoms with Crippen LogP contribution in [-0.4, -0.2) is 11.0 Å². The predicted molar refractivity (Wildman–Crippen MR) is 54.6 cm³/mol. The second-order valence-corrected chi connectivity index (χ2v) is 3.60. The lowest BCUT2D eigenvalue weighted by Crippen LogP contribution is -2.00. The van der Waals surface area contributed by atoms with Gasteiger partial charge in [0, 0.05) is 9.13 Å². The molecule has 0 amide bonds. The van der Waals surface area contributed by atoms with Crippen molar-refractivity contribution in [1.82, 2.24) is 0 Å². The number of benzene rings is 1. The van der Waals surface area contributed by atoms with Crippen LogP contribution in [0.3, 0.4) is 0 Å². The van der Waals surface area contributed by atoms with Gasteiger partial charge in [-0.25, -0.2) is 0 Å². The third-order valence-electron chi connectivity index (χ3n) is 1.48. The van der Waals surface area contributed by atoms with Crippen molar-refractivity contribution in [3.63, 3.8) is 0 Å². The highest BCUT2D eigenvalue weighted by atomic mass is 127. The molecule has 0 radical (unpaired) electrons. The first-order valence-corrected chi connectivity index (χ1v) is 4.43. The molecular formula is C8H8INO2. The van der Waals surface area contributed by atoms with Crippen molar-refractivity contribution in [2.45, 2.75) is 6.92 Å². The smallest absolute Gasteiger partial charge is 0.161 e. The van der Waals surface area contributed by atoms with E-state index in [4.69, 9.17) is 5.21 Å². The van der Waals surface area contributed by atoms with Gasteiger partial charge in [0.1, 0.15) is 0 Å². The number of hydrogen-bond donors (Lipinski definition) is 2. The maximum Gasteiger partial charge on any atom is 0.161 e. The zero-order valence-electron chi connectivity index (χ0n) is 6.47.